The summed E-state index contributed by atoms with van der Waals surface area (Å²) in [4.78, 5) is 21.6. The van der Waals surface area contributed by atoms with Gasteiger partial charge in [-0.3, -0.25) is 15.1 Å². The number of pyridine rings is 1. The molecule has 0 spiro atoms. The highest BCUT2D eigenvalue weighted by atomic mass is 32.1. The first-order valence-corrected chi connectivity index (χ1v) is 5.36. The minimum Gasteiger partial charge on any atom is -0.345 e. The Morgan fingerprint density at radius 2 is 2.41 bits per heavy atom. The number of hydrogen-bond donors (Lipinski definition) is 1. The molecule has 0 aliphatic rings. The van der Waals surface area contributed by atoms with Crippen molar-refractivity contribution >= 4 is 33.5 Å². The Balaban J connectivity index is 1.98. The number of rotatable bonds is 4. The predicted molar refractivity (Wildman–Crippen MR) is 64.8 cm³/mol. The third kappa shape index (κ3) is 3.05. The Labute approximate surface area is 100 Å². The van der Waals surface area contributed by atoms with Gasteiger partial charge in [-0.05, 0) is 23.5 Å². The first kappa shape index (κ1) is 11.1. The molecule has 86 valence electrons. The quantitative estimate of drug-likeness (QED) is 0.388. The average Bonchev–Trinajstić information content (AvgIpc) is 2.79. The summed E-state index contributed by atoms with van der Waals surface area (Å²) in [5.74, 6) is 0. The van der Waals surface area contributed by atoms with E-state index in [1.807, 2.05) is 6.07 Å². The van der Waals surface area contributed by atoms with Crippen molar-refractivity contribution < 1.29 is 4.92 Å². The number of thiazole rings is 1. The molecule has 1 N–H and O–H groups in total. The Morgan fingerprint density at radius 3 is 3.06 bits per heavy atom. The zero-order chi connectivity index (χ0) is 12.1. The smallest absolute Gasteiger partial charge is 0.345 e. The summed E-state index contributed by atoms with van der Waals surface area (Å²) in [6.07, 6.45) is 5.89. The van der Waals surface area contributed by atoms with Gasteiger partial charge in [0.05, 0.1) is 23.1 Å². The number of aromatic nitrogens is 2. The minimum atomic E-state index is -0.495. The van der Waals surface area contributed by atoms with E-state index < -0.39 is 4.92 Å². The molecule has 0 bridgehead atoms. The molecule has 0 aromatic carbocycles. The van der Waals surface area contributed by atoms with Crippen molar-refractivity contribution in [3.05, 3.63) is 40.8 Å². The van der Waals surface area contributed by atoms with Crippen LogP contribution in [-0.4, -0.2) is 21.2 Å². The monoisotopic (exact) mass is 249 g/mol. The normalized spacial score (nSPS) is 10.6. The highest BCUT2D eigenvalue weighted by Gasteiger charge is 2.09. The fourth-order valence-corrected chi connectivity index (χ4v) is 1.59. The Morgan fingerprint density at radius 1 is 1.53 bits per heavy atom. The Hall–Kier alpha value is -2.35. The lowest BCUT2D eigenvalue weighted by molar-refractivity contribution is -0.380. The fourth-order valence-electron chi connectivity index (χ4n) is 1.01. The molecule has 0 aliphatic heterocycles. The molecule has 2 rings (SSSR count). The van der Waals surface area contributed by atoms with Gasteiger partial charge in [-0.2, -0.15) is 0 Å². The van der Waals surface area contributed by atoms with Crippen molar-refractivity contribution in [1.29, 1.82) is 0 Å². The van der Waals surface area contributed by atoms with E-state index in [0.29, 0.717) is 5.13 Å². The van der Waals surface area contributed by atoms with E-state index in [-0.39, 0.29) is 5.00 Å². The van der Waals surface area contributed by atoms with E-state index in [2.05, 4.69) is 20.3 Å². The number of anilines is 1. The van der Waals surface area contributed by atoms with Crippen molar-refractivity contribution in [3.8, 4) is 0 Å². The SMILES string of the molecule is O=[N+]([O-])c1cnc(N=CNc2cccnc2)s1. The van der Waals surface area contributed by atoms with Crippen LogP contribution in [-0.2, 0) is 0 Å². The van der Waals surface area contributed by atoms with Crippen molar-refractivity contribution in [2.75, 3.05) is 5.32 Å². The van der Waals surface area contributed by atoms with Crippen molar-refractivity contribution in [3.63, 3.8) is 0 Å². The maximum Gasteiger partial charge on any atom is 0.345 e. The number of hydrogen-bond acceptors (Lipinski definition) is 6. The number of aliphatic imine (C=N–C) groups is 1. The largest absolute Gasteiger partial charge is 0.345 e. The van der Waals surface area contributed by atoms with E-state index in [1.54, 1.807) is 18.5 Å². The van der Waals surface area contributed by atoms with Crippen LogP contribution in [0.2, 0.25) is 0 Å². The molecule has 0 atom stereocenters. The zero-order valence-electron chi connectivity index (χ0n) is 8.48. The van der Waals surface area contributed by atoms with Gasteiger partial charge in [0.15, 0.2) is 0 Å². The van der Waals surface area contributed by atoms with Crippen LogP contribution in [0.4, 0.5) is 15.8 Å². The molecule has 17 heavy (non-hydrogen) atoms. The lowest BCUT2D eigenvalue weighted by Crippen LogP contribution is -1.93. The molecule has 0 radical (unpaired) electrons. The first-order chi connectivity index (χ1) is 8.25. The second-order valence-electron chi connectivity index (χ2n) is 2.88. The molecular weight excluding hydrogens is 242 g/mol. The summed E-state index contributed by atoms with van der Waals surface area (Å²) < 4.78 is 0. The van der Waals surface area contributed by atoms with Crippen LogP contribution in [0.15, 0.2) is 35.7 Å². The van der Waals surface area contributed by atoms with E-state index in [0.717, 1.165) is 17.0 Å². The second-order valence-corrected chi connectivity index (χ2v) is 3.87. The lowest BCUT2D eigenvalue weighted by Gasteiger charge is -1.95. The molecule has 0 amide bonds. The van der Waals surface area contributed by atoms with Crippen LogP contribution in [0, 0.1) is 10.1 Å². The number of nitrogens with one attached hydrogen (secondary N) is 1. The summed E-state index contributed by atoms with van der Waals surface area (Å²) in [6, 6.07) is 3.60. The van der Waals surface area contributed by atoms with E-state index >= 15 is 0 Å². The van der Waals surface area contributed by atoms with E-state index in [1.165, 1.54) is 12.5 Å². The Kier molecular flexibility index (Phi) is 3.36. The van der Waals surface area contributed by atoms with Gasteiger partial charge in [-0.25, -0.2) is 9.98 Å². The summed E-state index contributed by atoms with van der Waals surface area (Å²) in [7, 11) is 0. The van der Waals surface area contributed by atoms with Crippen molar-refractivity contribution in [2.24, 2.45) is 4.99 Å². The third-order valence-corrected chi connectivity index (χ3v) is 2.59. The molecule has 7 nitrogen and oxygen atoms in total. The maximum absolute atomic E-state index is 10.4. The summed E-state index contributed by atoms with van der Waals surface area (Å²) in [6.45, 7) is 0. The summed E-state index contributed by atoms with van der Waals surface area (Å²) in [5, 5.41) is 13.6. The summed E-state index contributed by atoms with van der Waals surface area (Å²) >= 11 is 0.912. The second kappa shape index (κ2) is 5.12. The van der Waals surface area contributed by atoms with Gasteiger partial charge in [0.2, 0.25) is 5.13 Å². The topological polar surface area (TPSA) is 93.3 Å². The standard InChI is InChI=1S/C9H7N5O2S/c15-14(16)8-5-11-9(17-8)13-6-12-7-2-1-3-10-4-7/h1-6H,(H,11,12,13). The van der Waals surface area contributed by atoms with E-state index in [9.17, 15) is 10.1 Å². The van der Waals surface area contributed by atoms with Crippen LogP contribution >= 0.6 is 11.3 Å². The zero-order valence-corrected chi connectivity index (χ0v) is 9.29. The van der Waals surface area contributed by atoms with Crippen LogP contribution < -0.4 is 5.32 Å². The van der Waals surface area contributed by atoms with Gasteiger partial charge < -0.3 is 5.32 Å². The molecule has 8 heteroatoms. The molecule has 0 fully saturated rings. The van der Waals surface area contributed by atoms with Crippen molar-refractivity contribution in [2.45, 2.75) is 0 Å². The Bertz CT molecular complexity index is 539. The van der Waals surface area contributed by atoms with Crippen LogP contribution in [0.3, 0.4) is 0 Å². The molecule has 2 heterocycles. The molecule has 0 saturated heterocycles. The highest BCUT2D eigenvalue weighted by Crippen LogP contribution is 2.26. The first-order valence-electron chi connectivity index (χ1n) is 4.55. The van der Waals surface area contributed by atoms with Crippen LogP contribution in [0.5, 0.6) is 0 Å². The molecular formula is C9H7N5O2S. The van der Waals surface area contributed by atoms with Gasteiger partial charge in [0.1, 0.15) is 6.20 Å². The average molecular weight is 249 g/mol. The van der Waals surface area contributed by atoms with Crippen LogP contribution in [0.1, 0.15) is 0 Å². The number of nitro groups is 1. The predicted octanol–water partition coefficient (Wildman–Crippen LogP) is 2.22. The van der Waals surface area contributed by atoms with Crippen molar-refractivity contribution in [1.82, 2.24) is 9.97 Å². The van der Waals surface area contributed by atoms with Crippen LogP contribution in [0.25, 0.3) is 0 Å². The van der Waals surface area contributed by atoms with Gasteiger partial charge in [-0.15, -0.1) is 0 Å². The molecule has 2 aromatic heterocycles. The molecule has 0 unspecified atom stereocenters. The van der Waals surface area contributed by atoms with E-state index in [4.69, 9.17) is 0 Å². The summed E-state index contributed by atoms with van der Waals surface area (Å²) in [5.41, 5.74) is 0.780. The van der Waals surface area contributed by atoms with Gasteiger partial charge in [0, 0.05) is 6.20 Å². The van der Waals surface area contributed by atoms with Gasteiger partial charge in [-0.1, -0.05) is 0 Å². The molecule has 2 aromatic rings. The minimum absolute atomic E-state index is 0.0291. The third-order valence-electron chi connectivity index (χ3n) is 1.73. The van der Waals surface area contributed by atoms with Gasteiger partial charge >= 0.3 is 5.00 Å². The number of nitrogens with zero attached hydrogens (tertiary/aromatic N) is 4. The fraction of sp³-hybridized carbons (Fsp3) is 0. The molecule has 0 aliphatic carbocycles. The lowest BCUT2D eigenvalue weighted by atomic mass is 10.4. The molecule has 0 saturated carbocycles. The highest BCUT2D eigenvalue weighted by molar-refractivity contribution is 7.18. The maximum atomic E-state index is 10.4. The van der Waals surface area contributed by atoms with Gasteiger partial charge in [0.25, 0.3) is 0 Å².